The standard InChI is InChI=1S/C74H128O6/c1-4-7-10-13-16-19-22-24-26-28-30-31-32-33-34-35-36-37-38-39-40-41-42-43-44-46-47-49-52-55-58-61-64-67-73(76)79-70-71(69-78-72(75)66-63-60-57-54-51-21-18-15-12-9-6-3)80-74(77)68-65-62-59-56-53-50-48-45-29-27-25-23-20-17-14-11-8-5-2/h7,10,15-16,18-20,23-24,26-27,29-31,33-34,71H,4-6,8-9,11-14,17,21-22,25,28,32,35-70H2,1-3H3/b10-7-,18-15-,19-16-,23-20-,26-24-,29-27-,31-30-,34-33-. The topological polar surface area (TPSA) is 78.9 Å². The van der Waals surface area contributed by atoms with Crippen LogP contribution in [0.4, 0.5) is 0 Å². The van der Waals surface area contributed by atoms with Gasteiger partial charge in [0.15, 0.2) is 6.10 Å². The number of unbranched alkanes of at least 4 members (excludes halogenated alkanes) is 35. The molecule has 0 saturated carbocycles. The monoisotopic (exact) mass is 1110 g/mol. The van der Waals surface area contributed by atoms with Gasteiger partial charge in [0.2, 0.25) is 0 Å². The predicted octanol–water partition coefficient (Wildman–Crippen LogP) is 23.6. The minimum Gasteiger partial charge on any atom is -0.462 e. The molecule has 0 aliphatic rings. The first-order chi connectivity index (χ1) is 39.5. The van der Waals surface area contributed by atoms with E-state index in [4.69, 9.17) is 14.2 Å². The molecule has 6 heteroatoms. The summed E-state index contributed by atoms with van der Waals surface area (Å²) in [6, 6.07) is 0. The van der Waals surface area contributed by atoms with Crippen LogP contribution in [0, 0.1) is 0 Å². The van der Waals surface area contributed by atoms with E-state index in [1.165, 1.54) is 186 Å². The summed E-state index contributed by atoms with van der Waals surface area (Å²) in [5.41, 5.74) is 0. The Kier molecular flexibility index (Phi) is 64.7. The van der Waals surface area contributed by atoms with Crippen molar-refractivity contribution in [2.75, 3.05) is 13.2 Å². The normalized spacial score (nSPS) is 12.7. The molecule has 0 N–H and O–H groups in total. The minimum absolute atomic E-state index is 0.0801. The van der Waals surface area contributed by atoms with Crippen LogP contribution in [0.5, 0.6) is 0 Å². The van der Waals surface area contributed by atoms with Crippen LogP contribution in [-0.4, -0.2) is 37.2 Å². The molecule has 0 rings (SSSR count). The molecular formula is C74H128O6. The molecule has 460 valence electrons. The number of allylic oxidation sites excluding steroid dienone is 16. The van der Waals surface area contributed by atoms with Gasteiger partial charge in [-0.3, -0.25) is 14.4 Å². The largest absolute Gasteiger partial charge is 0.462 e. The molecule has 0 aliphatic carbocycles. The van der Waals surface area contributed by atoms with Crippen molar-refractivity contribution < 1.29 is 28.6 Å². The summed E-state index contributed by atoms with van der Waals surface area (Å²) in [6.07, 6.45) is 91.5. The van der Waals surface area contributed by atoms with E-state index < -0.39 is 6.10 Å². The quantitative estimate of drug-likeness (QED) is 0.0261. The third-order valence-electron chi connectivity index (χ3n) is 14.8. The van der Waals surface area contributed by atoms with Crippen LogP contribution < -0.4 is 0 Å². The van der Waals surface area contributed by atoms with Crippen LogP contribution in [0.15, 0.2) is 97.2 Å². The van der Waals surface area contributed by atoms with Crippen molar-refractivity contribution in [2.24, 2.45) is 0 Å². The van der Waals surface area contributed by atoms with Gasteiger partial charge in [0.05, 0.1) is 0 Å². The Labute approximate surface area is 496 Å². The highest BCUT2D eigenvalue weighted by molar-refractivity contribution is 5.71. The van der Waals surface area contributed by atoms with Crippen LogP contribution >= 0.6 is 0 Å². The first kappa shape index (κ1) is 76.3. The average Bonchev–Trinajstić information content (AvgIpc) is 3.46. The molecular weight excluding hydrogens is 985 g/mol. The van der Waals surface area contributed by atoms with Gasteiger partial charge in [-0.05, 0) is 116 Å². The number of rotatable bonds is 62. The molecule has 0 aliphatic heterocycles. The second-order valence-corrected chi connectivity index (χ2v) is 22.7. The lowest BCUT2D eigenvalue weighted by molar-refractivity contribution is -0.167. The smallest absolute Gasteiger partial charge is 0.306 e. The number of hydrogen-bond acceptors (Lipinski definition) is 6. The van der Waals surface area contributed by atoms with Gasteiger partial charge in [-0.1, -0.05) is 298 Å². The zero-order valence-corrected chi connectivity index (χ0v) is 52.8. The maximum absolute atomic E-state index is 12.9. The Morgan fingerprint density at radius 2 is 0.500 bits per heavy atom. The first-order valence-electron chi connectivity index (χ1n) is 34.2. The molecule has 0 heterocycles. The molecule has 0 radical (unpaired) electrons. The van der Waals surface area contributed by atoms with E-state index in [0.717, 1.165) is 109 Å². The summed E-state index contributed by atoms with van der Waals surface area (Å²) in [7, 11) is 0. The summed E-state index contributed by atoms with van der Waals surface area (Å²) in [5.74, 6) is -0.885. The van der Waals surface area contributed by atoms with Crippen molar-refractivity contribution in [2.45, 2.75) is 341 Å². The van der Waals surface area contributed by atoms with E-state index in [1.54, 1.807) is 0 Å². The predicted molar refractivity (Wildman–Crippen MR) is 348 cm³/mol. The van der Waals surface area contributed by atoms with E-state index in [0.29, 0.717) is 19.3 Å². The zero-order valence-electron chi connectivity index (χ0n) is 52.8. The molecule has 0 spiro atoms. The highest BCUT2D eigenvalue weighted by Crippen LogP contribution is 2.17. The first-order valence-corrected chi connectivity index (χ1v) is 34.2. The SMILES string of the molecule is CC/C=C\C/C=C\C/C=C\C/C=C\C/C=C\CCCCCCCCCCCCCCCCCCCC(=O)OCC(COC(=O)CCCCCCC/C=C\CCCC)OC(=O)CCCCCCCCC/C=C\C/C=C\CCCCCC. The van der Waals surface area contributed by atoms with Crippen molar-refractivity contribution in [1.29, 1.82) is 0 Å². The molecule has 1 unspecified atom stereocenters. The van der Waals surface area contributed by atoms with Gasteiger partial charge < -0.3 is 14.2 Å². The van der Waals surface area contributed by atoms with E-state index in [2.05, 4.69) is 118 Å². The molecule has 0 saturated heterocycles. The van der Waals surface area contributed by atoms with Crippen LogP contribution in [0.2, 0.25) is 0 Å². The summed E-state index contributed by atoms with van der Waals surface area (Å²) in [5, 5.41) is 0. The summed E-state index contributed by atoms with van der Waals surface area (Å²) < 4.78 is 16.9. The fourth-order valence-corrected chi connectivity index (χ4v) is 9.66. The van der Waals surface area contributed by atoms with Gasteiger partial charge in [0, 0.05) is 19.3 Å². The number of carbonyl (C=O) groups is 3. The van der Waals surface area contributed by atoms with E-state index in [-0.39, 0.29) is 31.1 Å². The maximum atomic E-state index is 12.9. The highest BCUT2D eigenvalue weighted by atomic mass is 16.6. The van der Waals surface area contributed by atoms with Crippen LogP contribution in [0.25, 0.3) is 0 Å². The van der Waals surface area contributed by atoms with Gasteiger partial charge in [-0.2, -0.15) is 0 Å². The fraction of sp³-hybridized carbons (Fsp3) is 0.743. The van der Waals surface area contributed by atoms with Crippen LogP contribution in [0.3, 0.4) is 0 Å². The molecule has 80 heavy (non-hydrogen) atoms. The van der Waals surface area contributed by atoms with Gasteiger partial charge in [-0.15, -0.1) is 0 Å². The van der Waals surface area contributed by atoms with E-state index in [9.17, 15) is 14.4 Å². The van der Waals surface area contributed by atoms with Crippen molar-refractivity contribution >= 4 is 17.9 Å². The molecule has 0 aromatic heterocycles. The third-order valence-corrected chi connectivity index (χ3v) is 14.8. The maximum Gasteiger partial charge on any atom is 0.306 e. The summed E-state index contributed by atoms with van der Waals surface area (Å²) >= 11 is 0. The molecule has 0 fully saturated rings. The van der Waals surface area contributed by atoms with Gasteiger partial charge >= 0.3 is 17.9 Å². The van der Waals surface area contributed by atoms with E-state index in [1.807, 2.05) is 0 Å². The molecule has 0 bridgehead atoms. The van der Waals surface area contributed by atoms with Crippen molar-refractivity contribution in [3.05, 3.63) is 97.2 Å². The number of esters is 3. The Bertz CT molecular complexity index is 1560. The second-order valence-electron chi connectivity index (χ2n) is 22.7. The lowest BCUT2D eigenvalue weighted by Crippen LogP contribution is -2.30. The fourth-order valence-electron chi connectivity index (χ4n) is 9.66. The van der Waals surface area contributed by atoms with Crippen molar-refractivity contribution in [3.8, 4) is 0 Å². The van der Waals surface area contributed by atoms with Gasteiger partial charge in [0.25, 0.3) is 0 Å². The summed E-state index contributed by atoms with van der Waals surface area (Å²) in [6.45, 7) is 6.49. The molecule has 6 nitrogen and oxygen atoms in total. The molecule has 0 aromatic rings. The van der Waals surface area contributed by atoms with Crippen molar-refractivity contribution in [3.63, 3.8) is 0 Å². The minimum atomic E-state index is -0.784. The Morgan fingerprint density at radius 3 is 0.812 bits per heavy atom. The number of ether oxygens (including phenoxy) is 3. The Morgan fingerprint density at radius 1 is 0.263 bits per heavy atom. The highest BCUT2D eigenvalue weighted by Gasteiger charge is 2.19. The summed E-state index contributed by atoms with van der Waals surface area (Å²) in [4.78, 5) is 38.3. The van der Waals surface area contributed by atoms with Crippen LogP contribution in [-0.2, 0) is 28.6 Å². The van der Waals surface area contributed by atoms with Gasteiger partial charge in [-0.25, -0.2) is 0 Å². The van der Waals surface area contributed by atoms with Crippen LogP contribution in [0.1, 0.15) is 335 Å². The zero-order chi connectivity index (χ0) is 57.8. The number of carbonyl (C=O) groups excluding carboxylic acids is 3. The van der Waals surface area contributed by atoms with E-state index >= 15 is 0 Å². The number of hydrogen-bond donors (Lipinski definition) is 0. The molecule has 1 atom stereocenters. The average molecular weight is 1110 g/mol. The van der Waals surface area contributed by atoms with Crippen molar-refractivity contribution in [1.82, 2.24) is 0 Å². The Hall–Kier alpha value is -3.67. The molecule has 0 aromatic carbocycles. The molecule has 0 amide bonds. The lowest BCUT2D eigenvalue weighted by Gasteiger charge is -2.18. The Balaban J connectivity index is 4.15. The third kappa shape index (κ3) is 65.1. The lowest BCUT2D eigenvalue weighted by atomic mass is 10.0. The van der Waals surface area contributed by atoms with Gasteiger partial charge in [0.1, 0.15) is 13.2 Å². The second kappa shape index (κ2) is 67.8.